The molecule has 2 radical (unpaired) electrons. The maximum absolute atomic E-state index is 12.9. The molecule has 0 heterocycles. The third-order valence-electron chi connectivity index (χ3n) is 13.0. The van der Waals surface area contributed by atoms with Crippen LogP contribution in [0, 0.1) is 165 Å². The minimum Gasteiger partial charge on any atom is -0.520 e. The number of nitrogens with one attached hydrogen (secondary N) is 7. The fourth-order valence-electron chi connectivity index (χ4n) is 7.79. The molecule has 0 aromatic heterocycles. The Morgan fingerprint density at radius 1 is 0.500 bits per heavy atom. The first-order chi connectivity index (χ1) is 49.9. The molecule has 3 rings (SSSR count). The van der Waals surface area contributed by atoms with Gasteiger partial charge in [-0.1, -0.05) is 120 Å². The second-order valence-electron chi connectivity index (χ2n) is 21.3. The molecule has 1 aliphatic rings. The van der Waals surface area contributed by atoms with Gasteiger partial charge in [-0.2, -0.15) is 38.5 Å². The topological polar surface area (TPSA) is 429 Å². The molecule has 0 fully saturated rings. The number of phosphoric ester groups is 4. The molecule has 0 bridgehead atoms. The Kier molecular flexibility index (Phi) is 89.8. The third kappa shape index (κ3) is 58.9. The predicted molar refractivity (Wildman–Crippen MR) is 395 cm³/mol. The fourth-order valence-corrected chi connectivity index (χ4v) is 12.2. The second-order valence-corrected chi connectivity index (χ2v) is 27.8. The summed E-state index contributed by atoms with van der Waals surface area (Å²) in [5.74, 6) is -1.98. The van der Waals surface area contributed by atoms with Gasteiger partial charge in [0.25, 0.3) is 0 Å². The fraction of sp³-hybridized carbons (Fsp3) is 0.544. The Morgan fingerprint density at radius 2 is 0.809 bits per heavy atom. The van der Waals surface area contributed by atoms with Crippen LogP contribution in [0.4, 0.5) is 4.79 Å². The zero-order chi connectivity index (χ0) is 78.5. The van der Waals surface area contributed by atoms with E-state index < -0.39 is 92.5 Å². The maximum Gasteiger partial charge on any atom is 0.475 e. The van der Waals surface area contributed by atoms with E-state index in [9.17, 15) is 56.7 Å². The number of nitrogens with two attached hydrogens (primary N) is 1. The van der Waals surface area contributed by atoms with Crippen molar-refractivity contribution >= 4 is 73.8 Å². The van der Waals surface area contributed by atoms with Crippen LogP contribution in [0.25, 0.3) is 11.1 Å². The van der Waals surface area contributed by atoms with Crippen LogP contribution in [0.2, 0.25) is 0 Å². The summed E-state index contributed by atoms with van der Waals surface area (Å²) in [7, 11) is -15.9. The second kappa shape index (κ2) is 79.2. The van der Waals surface area contributed by atoms with Gasteiger partial charge in [-0.3, -0.25) is 68.9 Å². The van der Waals surface area contributed by atoms with Crippen molar-refractivity contribution in [1.29, 1.82) is 0 Å². The van der Waals surface area contributed by atoms with E-state index in [-0.39, 0.29) is 239 Å². The van der Waals surface area contributed by atoms with Crippen molar-refractivity contribution in [3.05, 3.63) is 125 Å². The molecule has 0 saturated carbocycles. The molecule has 2 aromatic rings. The van der Waals surface area contributed by atoms with Crippen molar-refractivity contribution in [2.75, 3.05) is 105 Å². The maximum atomic E-state index is 12.9. The quantitative estimate of drug-likeness (QED) is 0.00743. The van der Waals surface area contributed by atoms with Crippen LogP contribution in [0.1, 0.15) is 122 Å². The Bertz CT molecular complexity index is 2980. The first kappa shape index (κ1) is 125. The van der Waals surface area contributed by atoms with Crippen LogP contribution >= 0.6 is 31.3 Å². The number of amides is 7. The van der Waals surface area contributed by atoms with E-state index in [1.165, 1.54) is 31.0 Å². The summed E-state index contributed by atoms with van der Waals surface area (Å²) < 4.78 is 110. The molecule has 2 aromatic carbocycles. The average molecular weight is 2600 g/mol. The zero-order valence-corrected chi connectivity index (χ0v) is 86.3. The zero-order valence-electron chi connectivity index (χ0n) is 63.2. The van der Waals surface area contributed by atoms with Crippen molar-refractivity contribution in [2.24, 2.45) is 5.73 Å². The normalized spacial score (nSPS) is 13.7. The molecule has 1 aliphatic carbocycles. The molecule has 10 N–H and O–H groups in total. The van der Waals surface area contributed by atoms with Gasteiger partial charge in [-0.15, -0.1) is 32.6 Å². The Hall–Kier alpha value is -0.913. The Balaban J connectivity index is -0.000000213. The van der Waals surface area contributed by atoms with Gasteiger partial charge in [-0.25, -0.2) is 23.1 Å². The molecular formula is C68H110N8O24P4U4V2-6. The molecule has 7 amide bonds. The van der Waals surface area contributed by atoms with E-state index in [1.807, 2.05) is 76.2 Å². The van der Waals surface area contributed by atoms with Gasteiger partial charge in [0.15, 0.2) is 0 Å². The third-order valence-corrected chi connectivity index (χ3v) is 18.2. The van der Waals surface area contributed by atoms with Crippen molar-refractivity contribution < 1.29 is 273 Å². The monoisotopic (exact) mass is 2600 g/mol. The summed E-state index contributed by atoms with van der Waals surface area (Å²) in [6, 6.07) is 11.7. The largest absolute Gasteiger partial charge is 0.520 e. The van der Waals surface area contributed by atoms with Gasteiger partial charge in [0.1, 0.15) is 30.8 Å². The van der Waals surface area contributed by atoms with E-state index in [0.29, 0.717) is 51.9 Å². The summed E-state index contributed by atoms with van der Waals surface area (Å²) in [4.78, 5) is 91.0. The molecule has 0 spiro atoms. The minimum atomic E-state index is -4.25. The number of ether oxygens (including phenoxy) is 1. The molecular weight excluding hydrogens is 2490 g/mol. The first-order valence-electron chi connectivity index (χ1n) is 33.7. The molecule has 0 aliphatic heterocycles. The number of unbranched alkanes of at least 4 members (excludes halogenated alkanes) is 4. The number of benzene rings is 2. The van der Waals surface area contributed by atoms with Crippen LogP contribution in [-0.4, -0.2) is 177 Å². The molecule has 0 saturated heterocycles. The molecule has 618 valence electrons. The number of phosphoric acid groups is 4. The van der Waals surface area contributed by atoms with Crippen LogP contribution in [0.5, 0.6) is 0 Å². The standard InChI is InChI=1S/C28H36N2O7P.C14H25N2O6P.C13H26N2O5P.C11H21N2O6P.C2H2.4U.2V/c1-4-7-16-29-27(31)26(20-37-38(33,35-17-5-2)36-18-6-3)30-28(32)34-19-25-23-14-10-8-12-21(23)22-13-9-11-15-24(22)25;1-4-7-8-15-14(18)13(16-12-17)11-22-23(19,20-9-5-2)21-10-6-3;1-4-7-8-15-13(16)12(14)11-20-21(17,18-9-5-2)19-10-6-3;1-3-5-6-12-11(15)10(13-9-14)8-19-20(16,17)18-7-4-2;1-2;;;;;;/h5,8-15,25-26H,2-4,6-7,16-20H2,1H3,(H,29,31)(H,30,32);5,13H,2-4,6-11H2,1H3,(H,15,18)(H,16,17);5,12H,2-4,6-11,14H2,1H3,(H,15,16);10H,2-8H2,1H3,(H,12,15)(H,13,14)(H,16,17);1-2H;;;;;;/q-1;-2;-1;-2;;;;;;;. The summed E-state index contributed by atoms with van der Waals surface area (Å²) in [6.07, 6.45) is 22.5. The minimum absolute atomic E-state index is 0. The number of hydrogen-bond donors (Lipinski definition) is 9. The molecule has 8 unspecified atom stereocenters. The summed E-state index contributed by atoms with van der Waals surface area (Å²) in [5.41, 5.74) is 10.0. The number of hydrogen-bond acceptors (Lipinski definition) is 24. The Labute approximate surface area is 770 Å². The van der Waals surface area contributed by atoms with Crippen molar-refractivity contribution in [3.8, 4) is 24.0 Å². The molecule has 8 atom stereocenters. The van der Waals surface area contributed by atoms with Crippen LogP contribution in [0.3, 0.4) is 0 Å². The van der Waals surface area contributed by atoms with Gasteiger partial charge in [0.2, 0.25) is 23.6 Å². The van der Waals surface area contributed by atoms with E-state index in [2.05, 4.69) is 107 Å². The smallest absolute Gasteiger partial charge is 0.475 e. The summed E-state index contributed by atoms with van der Waals surface area (Å²) >= 11 is 0. The Morgan fingerprint density at radius 3 is 1.15 bits per heavy atom. The number of terminal acetylenes is 1. The van der Waals surface area contributed by atoms with Gasteiger partial charge in [-0.05, 0) is 47.9 Å². The number of rotatable bonds is 56. The average Bonchev–Trinajstić information content (AvgIpc) is 1.62. The molecule has 32 nitrogen and oxygen atoms in total. The van der Waals surface area contributed by atoms with Gasteiger partial charge in [0, 0.05) is 220 Å². The van der Waals surface area contributed by atoms with Gasteiger partial charge >= 0.3 is 37.4 Å². The van der Waals surface area contributed by atoms with E-state index in [0.717, 1.165) is 73.6 Å². The molecule has 42 heteroatoms. The number of fused-ring (bicyclic) bond motifs is 3. The molecule has 110 heavy (non-hydrogen) atoms. The summed E-state index contributed by atoms with van der Waals surface area (Å²) in [6.45, 7) is 33.0. The number of carbonyl (C=O) groups excluding carboxylic acids is 7. The van der Waals surface area contributed by atoms with Crippen molar-refractivity contribution in [3.63, 3.8) is 0 Å². The van der Waals surface area contributed by atoms with Gasteiger partial charge in [0.05, 0.1) is 46.2 Å². The van der Waals surface area contributed by atoms with Crippen LogP contribution < -0.4 is 43.0 Å². The SMILES string of the molecule is C#C.C=CCOP(=O)(OCC[CH2-])OCC(N)C(=O)NCCCC.C=CCOP(=O)(OCC[CH2-])OCC(NC(=O)OCC1c2ccccc2-c2ccccc21)C(=O)NCCCC.C=CCOP(=O)(OCC[CH2-])OCC(N[C-]=O)C(=O)NCCCC.[CH2-]CCOP(=O)(O)OCC(N[C-]=O)C(=O)NCCCC.[U].[U].[U].[U].[V].[V]. The van der Waals surface area contributed by atoms with Crippen LogP contribution in [0.15, 0.2) is 86.5 Å². The summed E-state index contributed by atoms with van der Waals surface area (Å²) in [5, 5.41) is 17.4. The van der Waals surface area contributed by atoms with E-state index in [1.54, 1.807) is 0 Å². The first-order valence-corrected chi connectivity index (χ1v) is 39.6. The number of alkyl carbamates (subject to hydrolysis) is 1. The van der Waals surface area contributed by atoms with Crippen molar-refractivity contribution in [2.45, 2.75) is 135 Å². The van der Waals surface area contributed by atoms with Crippen LogP contribution in [-0.2, 0) is 139 Å². The number of carbonyl (C=O) groups is 5. The van der Waals surface area contributed by atoms with Gasteiger partial charge < -0.3 is 89.9 Å². The van der Waals surface area contributed by atoms with E-state index in [4.69, 9.17) is 51.2 Å². The van der Waals surface area contributed by atoms with E-state index >= 15 is 0 Å². The van der Waals surface area contributed by atoms with Crippen molar-refractivity contribution in [1.82, 2.24) is 37.2 Å². The predicted octanol–water partition coefficient (Wildman–Crippen LogP) is 9.20.